The summed E-state index contributed by atoms with van der Waals surface area (Å²) in [6.07, 6.45) is -0.615. The Morgan fingerprint density at radius 3 is 2.94 bits per heavy atom. The van der Waals surface area contributed by atoms with Crippen molar-refractivity contribution in [1.82, 2.24) is 5.32 Å². The number of likely N-dealkylation sites (N-methyl/N-ethyl adjacent to an activating group) is 1. The molecule has 0 bridgehead atoms. The van der Waals surface area contributed by atoms with Crippen LogP contribution < -0.4 is 14.8 Å². The second-order valence-corrected chi connectivity index (χ2v) is 4.41. The van der Waals surface area contributed by atoms with Gasteiger partial charge in [-0.25, -0.2) is 0 Å². The summed E-state index contributed by atoms with van der Waals surface area (Å²) in [6.45, 7) is 1.54. The highest BCUT2D eigenvalue weighted by atomic mass is 79.9. The van der Waals surface area contributed by atoms with Gasteiger partial charge in [-0.05, 0) is 19.2 Å². The first kappa shape index (κ1) is 11.7. The van der Waals surface area contributed by atoms with Crippen molar-refractivity contribution in [2.75, 3.05) is 26.8 Å². The van der Waals surface area contributed by atoms with Crippen molar-refractivity contribution in [2.24, 2.45) is 0 Å². The lowest BCUT2D eigenvalue weighted by Crippen LogP contribution is -2.21. The summed E-state index contributed by atoms with van der Waals surface area (Å²) in [4.78, 5) is 0. The molecular weight excluding hydrogens is 274 g/mol. The van der Waals surface area contributed by atoms with Crippen LogP contribution in [-0.4, -0.2) is 31.9 Å². The highest BCUT2D eigenvalue weighted by Crippen LogP contribution is 2.41. The van der Waals surface area contributed by atoms with Gasteiger partial charge in [-0.1, -0.05) is 15.9 Å². The van der Waals surface area contributed by atoms with E-state index in [4.69, 9.17) is 9.47 Å². The lowest BCUT2D eigenvalue weighted by atomic mass is 10.1. The average Bonchev–Trinajstić information content (AvgIpc) is 2.29. The van der Waals surface area contributed by atoms with Crippen LogP contribution in [0.25, 0.3) is 0 Å². The van der Waals surface area contributed by atoms with Gasteiger partial charge < -0.3 is 19.9 Å². The lowest BCUT2D eigenvalue weighted by molar-refractivity contribution is 0.145. The Bertz CT molecular complexity index is 384. The Morgan fingerprint density at radius 2 is 2.19 bits per heavy atom. The molecule has 1 heterocycles. The predicted octanol–water partition coefficient (Wildman–Crippen LogP) is 1.47. The van der Waals surface area contributed by atoms with Gasteiger partial charge in [0.25, 0.3) is 0 Å². The quantitative estimate of drug-likeness (QED) is 0.884. The normalized spacial score (nSPS) is 15.9. The first-order chi connectivity index (χ1) is 7.74. The zero-order chi connectivity index (χ0) is 11.5. The van der Waals surface area contributed by atoms with Crippen LogP contribution in [0, 0.1) is 0 Å². The molecule has 1 aliphatic heterocycles. The molecule has 2 rings (SSSR count). The molecule has 0 aliphatic carbocycles. The topological polar surface area (TPSA) is 50.7 Å². The summed E-state index contributed by atoms with van der Waals surface area (Å²) < 4.78 is 11.9. The van der Waals surface area contributed by atoms with E-state index in [0.717, 1.165) is 10.0 Å². The van der Waals surface area contributed by atoms with E-state index < -0.39 is 6.10 Å². The number of ether oxygens (including phenoxy) is 2. The zero-order valence-electron chi connectivity index (χ0n) is 9.00. The second kappa shape index (κ2) is 5.03. The first-order valence-electron chi connectivity index (χ1n) is 5.14. The van der Waals surface area contributed by atoms with E-state index in [9.17, 15) is 5.11 Å². The fourth-order valence-electron chi connectivity index (χ4n) is 1.72. The summed E-state index contributed by atoms with van der Waals surface area (Å²) in [5, 5.41) is 13.0. The third-order valence-corrected chi connectivity index (χ3v) is 3.12. The lowest BCUT2D eigenvalue weighted by Gasteiger charge is -2.24. The maximum atomic E-state index is 10.0. The van der Waals surface area contributed by atoms with E-state index >= 15 is 0 Å². The van der Waals surface area contributed by atoms with E-state index in [2.05, 4.69) is 21.2 Å². The number of benzene rings is 1. The standard InChI is InChI=1S/C11H14BrNO3/c1-13-6-8(14)10-7(12)2-3-9-11(10)16-5-4-15-9/h2-3,8,13-14H,4-6H2,1H3. The molecule has 0 amide bonds. The van der Waals surface area contributed by atoms with Crippen LogP contribution in [0.5, 0.6) is 11.5 Å². The first-order valence-corrected chi connectivity index (χ1v) is 5.94. The molecule has 0 spiro atoms. The fourth-order valence-corrected chi connectivity index (χ4v) is 2.30. The van der Waals surface area contributed by atoms with Crippen molar-refractivity contribution in [3.63, 3.8) is 0 Å². The molecule has 1 unspecified atom stereocenters. The number of rotatable bonds is 3. The highest BCUT2D eigenvalue weighted by molar-refractivity contribution is 9.10. The minimum Gasteiger partial charge on any atom is -0.486 e. The minimum absolute atomic E-state index is 0.471. The zero-order valence-corrected chi connectivity index (χ0v) is 10.6. The Labute approximate surface area is 103 Å². The smallest absolute Gasteiger partial charge is 0.168 e. The van der Waals surface area contributed by atoms with Crippen LogP contribution in [0.1, 0.15) is 11.7 Å². The van der Waals surface area contributed by atoms with E-state index in [0.29, 0.717) is 31.3 Å². The second-order valence-electron chi connectivity index (χ2n) is 3.56. The molecular formula is C11H14BrNO3. The van der Waals surface area contributed by atoms with Crippen molar-refractivity contribution in [3.8, 4) is 11.5 Å². The van der Waals surface area contributed by atoms with Crippen LogP contribution in [0.15, 0.2) is 16.6 Å². The number of hydrogen-bond acceptors (Lipinski definition) is 4. The van der Waals surface area contributed by atoms with Crippen molar-refractivity contribution >= 4 is 15.9 Å². The van der Waals surface area contributed by atoms with Gasteiger partial charge in [-0.15, -0.1) is 0 Å². The van der Waals surface area contributed by atoms with Gasteiger partial charge in [-0.2, -0.15) is 0 Å². The third-order valence-electron chi connectivity index (χ3n) is 2.42. The van der Waals surface area contributed by atoms with Gasteiger partial charge in [0.15, 0.2) is 11.5 Å². The molecule has 1 atom stereocenters. The highest BCUT2D eigenvalue weighted by Gasteiger charge is 2.23. The Hall–Kier alpha value is -0.780. The number of halogens is 1. The van der Waals surface area contributed by atoms with Crippen LogP contribution in [-0.2, 0) is 0 Å². The molecule has 2 N–H and O–H groups in total. The number of hydrogen-bond donors (Lipinski definition) is 2. The van der Waals surface area contributed by atoms with Gasteiger partial charge in [0.05, 0.1) is 6.10 Å². The van der Waals surface area contributed by atoms with Crippen molar-refractivity contribution in [1.29, 1.82) is 0 Å². The van der Waals surface area contributed by atoms with E-state index in [1.54, 1.807) is 7.05 Å². The minimum atomic E-state index is -0.615. The molecule has 5 heteroatoms. The van der Waals surface area contributed by atoms with Crippen LogP contribution in [0.2, 0.25) is 0 Å². The Morgan fingerprint density at radius 1 is 1.44 bits per heavy atom. The molecule has 1 aromatic carbocycles. The number of nitrogens with one attached hydrogen (secondary N) is 1. The fraction of sp³-hybridized carbons (Fsp3) is 0.455. The van der Waals surface area contributed by atoms with Crippen LogP contribution in [0.4, 0.5) is 0 Å². The molecule has 0 saturated heterocycles. The third kappa shape index (κ3) is 2.16. The number of aliphatic hydroxyl groups excluding tert-OH is 1. The molecule has 4 nitrogen and oxygen atoms in total. The summed E-state index contributed by atoms with van der Waals surface area (Å²) in [7, 11) is 1.80. The van der Waals surface area contributed by atoms with Crippen molar-refractivity contribution < 1.29 is 14.6 Å². The van der Waals surface area contributed by atoms with E-state index in [1.807, 2.05) is 12.1 Å². The molecule has 88 valence electrons. The molecule has 1 aliphatic rings. The van der Waals surface area contributed by atoms with Gasteiger partial charge in [0.1, 0.15) is 13.2 Å². The summed E-state index contributed by atoms with van der Waals surface area (Å²) in [5.74, 6) is 1.34. The monoisotopic (exact) mass is 287 g/mol. The van der Waals surface area contributed by atoms with E-state index in [-0.39, 0.29) is 0 Å². The van der Waals surface area contributed by atoms with Crippen LogP contribution in [0.3, 0.4) is 0 Å². The molecule has 0 radical (unpaired) electrons. The Kier molecular flexibility index (Phi) is 3.68. The van der Waals surface area contributed by atoms with Crippen molar-refractivity contribution in [2.45, 2.75) is 6.10 Å². The van der Waals surface area contributed by atoms with Crippen molar-refractivity contribution in [3.05, 3.63) is 22.2 Å². The van der Waals surface area contributed by atoms with Crippen LogP contribution >= 0.6 is 15.9 Å². The maximum Gasteiger partial charge on any atom is 0.168 e. The molecule has 16 heavy (non-hydrogen) atoms. The summed E-state index contributed by atoms with van der Waals surface area (Å²) in [5.41, 5.74) is 0.742. The van der Waals surface area contributed by atoms with Gasteiger partial charge in [0.2, 0.25) is 0 Å². The van der Waals surface area contributed by atoms with Gasteiger partial charge in [-0.3, -0.25) is 0 Å². The SMILES string of the molecule is CNCC(O)c1c(Br)ccc2c1OCCO2. The van der Waals surface area contributed by atoms with Gasteiger partial charge in [0, 0.05) is 16.6 Å². The average molecular weight is 288 g/mol. The predicted molar refractivity (Wildman–Crippen MR) is 64.0 cm³/mol. The number of fused-ring (bicyclic) bond motifs is 1. The summed E-state index contributed by atoms with van der Waals surface area (Å²) in [6, 6.07) is 3.70. The van der Waals surface area contributed by atoms with E-state index in [1.165, 1.54) is 0 Å². The summed E-state index contributed by atoms with van der Waals surface area (Å²) >= 11 is 3.42. The van der Waals surface area contributed by atoms with Gasteiger partial charge >= 0.3 is 0 Å². The molecule has 1 aromatic rings. The maximum absolute atomic E-state index is 10.0. The molecule has 0 saturated carbocycles. The molecule has 0 fully saturated rings. The number of aliphatic hydroxyl groups is 1. The Balaban J connectivity index is 2.41. The largest absolute Gasteiger partial charge is 0.486 e. The molecule has 0 aromatic heterocycles.